The van der Waals surface area contributed by atoms with E-state index in [0.29, 0.717) is 22.2 Å². The lowest BCUT2D eigenvalue weighted by Gasteiger charge is -2.08. The number of benzene rings is 1. The highest BCUT2D eigenvalue weighted by atomic mass is 32.2. The Morgan fingerprint density at radius 2 is 2.14 bits per heavy atom. The molecule has 0 aliphatic heterocycles. The number of amides is 1. The van der Waals surface area contributed by atoms with Crippen LogP contribution in [0.1, 0.15) is 6.92 Å². The first-order chi connectivity index (χ1) is 13.6. The number of hydrogen-bond acceptors (Lipinski definition) is 7. The van der Waals surface area contributed by atoms with Crippen LogP contribution in [0.3, 0.4) is 0 Å². The number of anilines is 1. The van der Waals surface area contributed by atoms with E-state index in [9.17, 15) is 9.59 Å². The van der Waals surface area contributed by atoms with Crippen molar-refractivity contribution in [2.75, 3.05) is 17.3 Å². The minimum absolute atomic E-state index is 0.0598. The Bertz CT molecular complexity index is 1230. The first kappa shape index (κ1) is 19.0. The minimum atomic E-state index is -0.120. The zero-order chi connectivity index (χ0) is 19.7. The molecule has 0 aliphatic rings. The molecule has 0 aliphatic carbocycles. The second-order valence-corrected chi connectivity index (χ2v) is 8.61. The number of thioether (sulfide) groups is 2. The number of fused-ring (bicyclic) bond motifs is 3. The van der Waals surface area contributed by atoms with Gasteiger partial charge in [0.15, 0.2) is 5.16 Å². The van der Waals surface area contributed by atoms with E-state index >= 15 is 0 Å². The molecule has 3 heterocycles. The number of nitrogens with one attached hydrogen (secondary N) is 1. The monoisotopic (exact) mass is 431 g/mol. The summed E-state index contributed by atoms with van der Waals surface area (Å²) in [5.74, 6) is 0.570. The second-order valence-electron chi connectivity index (χ2n) is 5.87. The van der Waals surface area contributed by atoms with Gasteiger partial charge in [-0.3, -0.25) is 18.6 Å². The summed E-state index contributed by atoms with van der Waals surface area (Å²) in [6.45, 7) is 2.41. The van der Waals surface area contributed by atoms with Crippen LogP contribution in [-0.4, -0.2) is 37.1 Å². The Balaban J connectivity index is 1.59. The lowest BCUT2D eigenvalue weighted by molar-refractivity contribution is -0.113. The van der Waals surface area contributed by atoms with E-state index in [1.54, 1.807) is 16.3 Å². The molecule has 4 rings (SSSR count). The third-order valence-corrected chi connectivity index (χ3v) is 6.73. The summed E-state index contributed by atoms with van der Waals surface area (Å²) in [7, 11) is 0. The third-order valence-electron chi connectivity index (χ3n) is 4.18. The molecule has 28 heavy (non-hydrogen) atoms. The summed E-state index contributed by atoms with van der Waals surface area (Å²) in [6, 6.07) is 9.60. The first-order valence-electron chi connectivity index (χ1n) is 8.54. The second kappa shape index (κ2) is 7.98. The Hall–Kier alpha value is -2.30. The lowest BCUT2D eigenvalue weighted by atomic mass is 10.3. The summed E-state index contributed by atoms with van der Waals surface area (Å²) in [5.41, 5.74) is 1.48. The van der Waals surface area contributed by atoms with Crippen molar-refractivity contribution in [3.8, 4) is 0 Å². The van der Waals surface area contributed by atoms with E-state index in [1.807, 2.05) is 53.3 Å². The zero-order valence-corrected chi connectivity index (χ0v) is 17.7. The topological polar surface area (TPSA) is 81.3 Å². The van der Waals surface area contributed by atoms with Gasteiger partial charge in [-0.05, 0) is 42.8 Å². The van der Waals surface area contributed by atoms with E-state index in [2.05, 4.69) is 15.5 Å². The molecule has 7 nitrogen and oxygen atoms in total. The molecule has 0 fully saturated rings. The minimum Gasteiger partial charge on any atom is -0.325 e. The molecular formula is C18H17N5O2S3. The van der Waals surface area contributed by atoms with Crippen molar-refractivity contribution in [2.45, 2.75) is 23.5 Å². The van der Waals surface area contributed by atoms with Crippen LogP contribution in [0.25, 0.3) is 16.0 Å². The van der Waals surface area contributed by atoms with Crippen molar-refractivity contribution in [3.05, 3.63) is 46.1 Å². The molecule has 1 amide bonds. The number of carbonyl (C=O) groups is 1. The largest absolute Gasteiger partial charge is 0.325 e. The van der Waals surface area contributed by atoms with E-state index in [4.69, 9.17) is 0 Å². The molecule has 0 saturated carbocycles. The average molecular weight is 432 g/mol. The standard InChI is InChI=1S/C18H17N5O2S3/c1-3-22-16(25)15-13(7-8-27-15)23-17(22)20-21-18(23)28-10-14(24)19-11-5-4-6-12(9-11)26-2/h4-9H,3,10H2,1-2H3,(H,19,24). The molecule has 0 unspecified atom stereocenters. The predicted octanol–water partition coefficient (Wildman–Crippen LogP) is 3.58. The number of nitrogens with zero attached hydrogens (tertiary/aromatic N) is 4. The highest BCUT2D eigenvalue weighted by Gasteiger charge is 2.17. The summed E-state index contributed by atoms with van der Waals surface area (Å²) >= 11 is 4.32. The smallest absolute Gasteiger partial charge is 0.272 e. The van der Waals surface area contributed by atoms with Gasteiger partial charge in [0, 0.05) is 17.1 Å². The van der Waals surface area contributed by atoms with Gasteiger partial charge in [0.05, 0.1) is 11.3 Å². The highest BCUT2D eigenvalue weighted by molar-refractivity contribution is 7.99. The molecule has 1 N–H and O–H groups in total. The fourth-order valence-corrected chi connectivity index (χ4v) is 4.93. The molecule has 0 bridgehead atoms. The lowest BCUT2D eigenvalue weighted by Crippen LogP contribution is -2.21. The maximum Gasteiger partial charge on any atom is 0.272 e. The number of rotatable bonds is 6. The molecule has 4 aromatic rings. The van der Waals surface area contributed by atoms with Gasteiger partial charge >= 0.3 is 0 Å². The maximum absolute atomic E-state index is 12.6. The van der Waals surface area contributed by atoms with E-state index in [0.717, 1.165) is 16.1 Å². The van der Waals surface area contributed by atoms with Gasteiger partial charge in [-0.1, -0.05) is 17.8 Å². The number of aryl methyl sites for hydroxylation is 1. The zero-order valence-electron chi connectivity index (χ0n) is 15.2. The van der Waals surface area contributed by atoms with Gasteiger partial charge < -0.3 is 5.32 Å². The Morgan fingerprint density at radius 3 is 2.93 bits per heavy atom. The summed E-state index contributed by atoms with van der Waals surface area (Å²) < 4.78 is 4.11. The first-order valence-corrected chi connectivity index (χ1v) is 11.6. The summed E-state index contributed by atoms with van der Waals surface area (Å²) in [5, 5.41) is 13.8. The van der Waals surface area contributed by atoms with Gasteiger partial charge in [0.1, 0.15) is 4.70 Å². The molecule has 0 radical (unpaired) electrons. The molecular weight excluding hydrogens is 414 g/mol. The van der Waals surface area contributed by atoms with Gasteiger partial charge in [-0.2, -0.15) is 0 Å². The maximum atomic E-state index is 12.6. The van der Waals surface area contributed by atoms with Crippen LogP contribution in [0.4, 0.5) is 5.69 Å². The average Bonchev–Trinajstić information content (AvgIpc) is 3.34. The van der Waals surface area contributed by atoms with Crippen LogP contribution in [0, 0.1) is 0 Å². The number of hydrogen-bond donors (Lipinski definition) is 1. The van der Waals surface area contributed by atoms with Crippen molar-refractivity contribution in [3.63, 3.8) is 0 Å². The van der Waals surface area contributed by atoms with Crippen molar-refractivity contribution >= 4 is 62.4 Å². The Morgan fingerprint density at radius 1 is 1.29 bits per heavy atom. The van der Waals surface area contributed by atoms with Crippen LogP contribution >= 0.6 is 34.9 Å². The van der Waals surface area contributed by atoms with Crippen LogP contribution in [-0.2, 0) is 11.3 Å². The molecule has 0 spiro atoms. The van der Waals surface area contributed by atoms with Crippen molar-refractivity contribution in [2.24, 2.45) is 0 Å². The van der Waals surface area contributed by atoms with Gasteiger partial charge in [0.25, 0.3) is 5.56 Å². The van der Waals surface area contributed by atoms with Gasteiger partial charge in [-0.25, -0.2) is 0 Å². The molecule has 10 heteroatoms. The molecule has 1 aromatic carbocycles. The molecule has 3 aromatic heterocycles. The van der Waals surface area contributed by atoms with E-state index < -0.39 is 0 Å². The number of aromatic nitrogens is 4. The molecule has 0 saturated heterocycles. The Labute approximate surface area is 173 Å². The Kier molecular flexibility index (Phi) is 5.42. The number of carbonyl (C=O) groups excluding carboxylic acids is 1. The fraction of sp³-hybridized carbons (Fsp3) is 0.222. The van der Waals surface area contributed by atoms with Crippen LogP contribution in [0.5, 0.6) is 0 Å². The molecule has 0 atom stereocenters. The normalized spacial score (nSPS) is 11.4. The van der Waals surface area contributed by atoms with E-state index in [1.165, 1.54) is 23.1 Å². The van der Waals surface area contributed by atoms with Crippen molar-refractivity contribution < 1.29 is 4.79 Å². The SMILES string of the molecule is CCn1c(=O)c2sccc2n2c(SCC(=O)Nc3cccc(SC)c3)nnc12. The highest BCUT2D eigenvalue weighted by Crippen LogP contribution is 2.25. The van der Waals surface area contributed by atoms with Gasteiger partial charge in [0.2, 0.25) is 11.7 Å². The molecule has 144 valence electrons. The van der Waals surface area contributed by atoms with Crippen molar-refractivity contribution in [1.82, 2.24) is 19.2 Å². The quantitative estimate of drug-likeness (QED) is 0.470. The summed E-state index contributed by atoms with van der Waals surface area (Å²) in [4.78, 5) is 26.1. The third kappa shape index (κ3) is 3.43. The predicted molar refractivity (Wildman–Crippen MR) is 116 cm³/mol. The van der Waals surface area contributed by atoms with Crippen LogP contribution in [0.2, 0.25) is 0 Å². The number of thiophene rings is 1. The van der Waals surface area contributed by atoms with Gasteiger partial charge in [-0.15, -0.1) is 33.3 Å². The fourth-order valence-electron chi connectivity index (χ4n) is 2.91. The summed E-state index contributed by atoms with van der Waals surface area (Å²) in [6.07, 6.45) is 1.99. The van der Waals surface area contributed by atoms with Crippen LogP contribution < -0.4 is 10.9 Å². The van der Waals surface area contributed by atoms with E-state index in [-0.39, 0.29) is 17.2 Å². The van der Waals surface area contributed by atoms with Crippen molar-refractivity contribution in [1.29, 1.82) is 0 Å². The van der Waals surface area contributed by atoms with Crippen LogP contribution in [0.15, 0.2) is 50.6 Å².